The first-order chi connectivity index (χ1) is 9.25. The van der Waals surface area contributed by atoms with E-state index in [0.717, 1.165) is 10.3 Å². The van der Waals surface area contributed by atoms with Gasteiger partial charge in [-0.1, -0.05) is 35.1 Å². The number of H-pyrrole nitrogens is 1. The zero-order valence-corrected chi connectivity index (χ0v) is 10.6. The van der Waals surface area contributed by atoms with Gasteiger partial charge >= 0.3 is 5.69 Å². The Morgan fingerprint density at radius 1 is 1.16 bits per heavy atom. The van der Waals surface area contributed by atoms with Crippen LogP contribution in [0.15, 0.2) is 51.4 Å². The maximum atomic E-state index is 12.1. The fourth-order valence-electron chi connectivity index (χ4n) is 1.75. The van der Waals surface area contributed by atoms with Crippen LogP contribution in [0.5, 0.6) is 0 Å². The van der Waals surface area contributed by atoms with E-state index in [4.69, 9.17) is 4.84 Å². The van der Waals surface area contributed by atoms with Crippen LogP contribution in [-0.2, 0) is 6.61 Å². The van der Waals surface area contributed by atoms with E-state index in [1.165, 1.54) is 11.3 Å². The van der Waals surface area contributed by atoms with Gasteiger partial charge in [0.1, 0.15) is 11.4 Å². The lowest BCUT2D eigenvalue weighted by Crippen LogP contribution is -2.39. The quantitative estimate of drug-likeness (QED) is 0.784. The van der Waals surface area contributed by atoms with Gasteiger partial charge in [0, 0.05) is 0 Å². The molecule has 0 spiro atoms. The van der Waals surface area contributed by atoms with E-state index in [9.17, 15) is 9.59 Å². The van der Waals surface area contributed by atoms with Crippen molar-refractivity contribution in [1.82, 2.24) is 9.71 Å². The Hall–Kier alpha value is -2.34. The second kappa shape index (κ2) is 4.74. The zero-order chi connectivity index (χ0) is 13.2. The molecule has 0 bridgehead atoms. The molecule has 6 heteroatoms. The average molecular weight is 274 g/mol. The summed E-state index contributed by atoms with van der Waals surface area (Å²) in [5, 5.41) is 2.21. The third-order valence-electron chi connectivity index (χ3n) is 2.69. The Labute approximate surface area is 111 Å². The van der Waals surface area contributed by atoms with Crippen molar-refractivity contribution in [3.8, 4) is 0 Å². The van der Waals surface area contributed by atoms with Crippen molar-refractivity contribution in [2.75, 3.05) is 0 Å². The number of thiophene rings is 1. The first-order valence-corrected chi connectivity index (χ1v) is 6.53. The molecular formula is C13H10N2O3S. The van der Waals surface area contributed by atoms with Crippen molar-refractivity contribution in [3.63, 3.8) is 0 Å². The maximum absolute atomic E-state index is 12.1. The highest BCUT2D eigenvalue weighted by atomic mass is 32.1. The molecule has 96 valence electrons. The van der Waals surface area contributed by atoms with Crippen molar-refractivity contribution in [1.29, 1.82) is 0 Å². The summed E-state index contributed by atoms with van der Waals surface area (Å²) < 4.78 is 0.766. The zero-order valence-electron chi connectivity index (χ0n) is 9.83. The Balaban J connectivity index is 1.97. The third-order valence-corrected chi connectivity index (χ3v) is 3.52. The summed E-state index contributed by atoms with van der Waals surface area (Å²) in [6, 6.07) is 11.0. The molecule has 1 N–H and O–H groups in total. The van der Waals surface area contributed by atoms with Gasteiger partial charge in [0.05, 0.1) is 5.39 Å². The van der Waals surface area contributed by atoms with Gasteiger partial charge in [-0.3, -0.25) is 9.78 Å². The predicted molar refractivity (Wildman–Crippen MR) is 73.4 cm³/mol. The van der Waals surface area contributed by atoms with Crippen LogP contribution < -0.4 is 16.1 Å². The highest BCUT2D eigenvalue weighted by Crippen LogP contribution is 2.11. The van der Waals surface area contributed by atoms with E-state index in [-0.39, 0.29) is 6.61 Å². The van der Waals surface area contributed by atoms with Crippen LogP contribution in [0.4, 0.5) is 0 Å². The van der Waals surface area contributed by atoms with Gasteiger partial charge < -0.3 is 4.84 Å². The van der Waals surface area contributed by atoms with E-state index in [2.05, 4.69) is 4.98 Å². The van der Waals surface area contributed by atoms with Crippen LogP contribution in [0.25, 0.3) is 10.2 Å². The van der Waals surface area contributed by atoms with Gasteiger partial charge in [-0.2, -0.15) is 0 Å². The summed E-state index contributed by atoms with van der Waals surface area (Å²) in [7, 11) is 0. The number of nitrogens with one attached hydrogen (secondary N) is 1. The summed E-state index contributed by atoms with van der Waals surface area (Å²) in [6.45, 7) is 0.166. The van der Waals surface area contributed by atoms with E-state index in [1.807, 2.05) is 30.3 Å². The van der Waals surface area contributed by atoms with E-state index < -0.39 is 11.2 Å². The Morgan fingerprint density at radius 2 is 1.95 bits per heavy atom. The molecule has 0 radical (unpaired) electrons. The molecule has 2 heterocycles. The Kier molecular flexibility index (Phi) is 2.92. The van der Waals surface area contributed by atoms with Gasteiger partial charge in [0.2, 0.25) is 0 Å². The van der Waals surface area contributed by atoms with E-state index in [0.29, 0.717) is 10.2 Å². The fourth-order valence-corrected chi connectivity index (χ4v) is 2.52. The lowest BCUT2D eigenvalue weighted by atomic mass is 10.2. The molecule has 3 aromatic rings. The van der Waals surface area contributed by atoms with E-state index in [1.54, 1.807) is 11.4 Å². The van der Waals surface area contributed by atoms with Crippen molar-refractivity contribution in [2.45, 2.75) is 6.61 Å². The smallest absolute Gasteiger partial charge is 0.363 e. The van der Waals surface area contributed by atoms with E-state index >= 15 is 0 Å². The van der Waals surface area contributed by atoms with Gasteiger partial charge in [0.25, 0.3) is 5.56 Å². The van der Waals surface area contributed by atoms with Crippen LogP contribution in [0, 0.1) is 0 Å². The van der Waals surface area contributed by atoms with Crippen LogP contribution >= 0.6 is 11.3 Å². The summed E-state index contributed by atoms with van der Waals surface area (Å²) in [4.78, 5) is 32.3. The number of aromatic amines is 1. The number of nitrogens with zero attached hydrogens (tertiary/aromatic N) is 1. The van der Waals surface area contributed by atoms with Crippen molar-refractivity contribution in [2.24, 2.45) is 0 Å². The predicted octanol–water partition coefficient (Wildman–Crippen LogP) is 1.38. The van der Waals surface area contributed by atoms with Gasteiger partial charge in [-0.15, -0.1) is 11.3 Å². The number of benzene rings is 1. The summed E-state index contributed by atoms with van der Waals surface area (Å²) in [5.74, 6) is 0. The van der Waals surface area contributed by atoms with Crippen LogP contribution in [0.1, 0.15) is 5.56 Å². The molecular weight excluding hydrogens is 264 g/mol. The summed E-state index contributed by atoms with van der Waals surface area (Å²) in [5.41, 5.74) is -0.106. The molecule has 0 saturated heterocycles. The van der Waals surface area contributed by atoms with Gasteiger partial charge in [0.15, 0.2) is 0 Å². The molecule has 3 rings (SSSR count). The molecule has 0 atom stereocenters. The first-order valence-electron chi connectivity index (χ1n) is 5.65. The first kappa shape index (κ1) is 11.7. The monoisotopic (exact) mass is 274 g/mol. The normalized spacial score (nSPS) is 10.7. The topological polar surface area (TPSA) is 64.1 Å². The molecule has 5 nitrogen and oxygen atoms in total. The highest BCUT2D eigenvalue weighted by molar-refractivity contribution is 7.16. The Morgan fingerprint density at radius 3 is 2.74 bits per heavy atom. The molecule has 1 aromatic carbocycles. The molecule has 0 aliphatic heterocycles. The van der Waals surface area contributed by atoms with Crippen LogP contribution in [0.2, 0.25) is 0 Å². The summed E-state index contributed by atoms with van der Waals surface area (Å²) in [6.07, 6.45) is 0. The lowest BCUT2D eigenvalue weighted by molar-refractivity contribution is 0.0805. The number of fused-ring (bicyclic) bond motifs is 1. The molecule has 19 heavy (non-hydrogen) atoms. The van der Waals surface area contributed by atoms with Crippen molar-refractivity contribution in [3.05, 3.63) is 68.2 Å². The van der Waals surface area contributed by atoms with Crippen molar-refractivity contribution >= 4 is 21.6 Å². The average Bonchev–Trinajstić information content (AvgIpc) is 2.88. The molecule has 0 fully saturated rings. The minimum Gasteiger partial charge on any atom is -0.401 e. The SMILES string of the molecule is O=c1[nH]c2sccc2c(=O)n1OCc1ccccc1. The van der Waals surface area contributed by atoms with Crippen LogP contribution in [0.3, 0.4) is 0 Å². The summed E-state index contributed by atoms with van der Waals surface area (Å²) >= 11 is 1.31. The standard InChI is InChI=1S/C13H10N2O3S/c16-12-10-6-7-19-11(10)14-13(17)15(12)18-8-9-4-2-1-3-5-9/h1-7H,8H2,(H,14,17). The van der Waals surface area contributed by atoms with Gasteiger partial charge in [-0.25, -0.2) is 4.79 Å². The molecule has 2 aromatic heterocycles. The highest BCUT2D eigenvalue weighted by Gasteiger charge is 2.09. The fraction of sp³-hybridized carbons (Fsp3) is 0.0769. The number of hydrogen-bond acceptors (Lipinski definition) is 4. The lowest BCUT2D eigenvalue weighted by Gasteiger charge is -2.06. The second-order valence-electron chi connectivity index (χ2n) is 3.95. The number of rotatable bonds is 3. The third kappa shape index (κ3) is 2.17. The van der Waals surface area contributed by atoms with Crippen LogP contribution in [-0.4, -0.2) is 9.71 Å². The number of hydrogen-bond donors (Lipinski definition) is 1. The largest absolute Gasteiger partial charge is 0.401 e. The molecule has 0 unspecified atom stereocenters. The maximum Gasteiger partial charge on any atom is 0.363 e. The molecule has 0 aliphatic carbocycles. The van der Waals surface area contributed by atoms with Gasteiger partial charge in [-0.05, 0) is 17.0 Å². The molecule has 0 aliphatic rings. The number of aromatic nitrogens is 2. The minimum absolute atomic E-state index is 0.166. The minimum atomic E-state index is -0.559. The molecule has 0 amide bonds. The van der Waals surface area contributed by atoms with Crippen molar-refractivity contribution < 1.29 is 4.84 Å². The molecule has 0 saturated carbocycles. The Bertz CT molecular complexity index is 817. The second-order valence-corrected chi connectivity index (χ2v) is 4.87.